The maximum atomic E-state index is 5.09. The topological polar surface area (TPSA) is 37.9 Å². The van der Waals surface area contributed by atoms with E-state index in [1.165, 1.54) is 10.9 Å². The molecule has 0 spiro atoms. The van der Waals surface area contributed by atoms with Gasteiger partial charge in [0.15, 0.2) is 0 Å². The molecule has 0 aliphatic heterocycles. The van der Waals surface area contributed by atoms with E-state index < -0.39 is 0 Å². The van der Waals surface area contributed by atoms with Crippen LogP contribution >= 0.6 is 0 Å². The number of nitrogens with one attached hydrogen (secondary N) is 1. The van der Waals surface area contributed by atoms with Gasteiger partial charge in [-0.1, -0.05) is 20.8 Å². The van der Waals surface area contributed by atoms with Crippen molar-refractivity contribution in [1.29, 1.82) is 0 Å². The van der Waals surface area contributed by atoms with E-state index in [0.29, 0.717) is 5.88 Å². The molecule has 0 fully saturated rings. The first kappa shape index (κ1) is 10.0. The van der Waals surface area contributed by atoms with Gasteiger partial charge in [0.05, 0.1) is 7.11 Å². The zero-order valence-electron chi connectivity index (χ0n) is 9.59. The van der Waals surface area contributed by atoms with Crippen molar-refractivity contribution in [3.63, 3.8) is 0 Å². The molecule has 0 unspecified atom stereocenters. The molecule has 1 N–H and O–H groups in total. The number of aromatic amines is 1. The Hall–Kier alpha value is -1.51. The second-order valence-corrected chi connectivity index (χ2v) is 4.70. The van der Waals surface area contributed by atoms with Gasteiger partial charge in [0.25, 0.3) is 0 Å². The zero-order chi connectivity index (χ0) is 11.1. The van der Waals surface area contributed by atoms with Crippen molar-refractivity contribution in [3.8, 4) is 5.88 Å². The highest BCUT2D eigenvalue weighted by molar-refractivity contribution is 5.81. The average molecular weight is 204 g/mol. The van der Waals surface area contributed by atoms with Gasteiger partial charge < -0.3 is 9.72 Å². The largest absolute Gasteiger partial charge is 0.481 e. The normalized spacial score (nSPS) is 12.0. The third-order valence-electron chi connectivity index (χ3n) is 2.53. The maximum Gasteiger partial charge on any atom is 0.214 e. The molecule has 0 aliphatic carbocycles. The highest BCUT2D eigenvalue weighted by atomic mass is 16.5. The van der Waals surface area contributed by atoms with E-state index in [9.17, 15) is 0 Å². The molecule has 2 rings (SSSR count). The van der Waals surface area contributed by atoms with Crippen molar-refractivity contribution in [1.82, 2.24) is 9.97 Å². The van der Waals surface area contributed by atoms with E-state index in [0.717, 1.165) is 5.65 Å². The number of nitrogens with zero attached hydrogens (tertiary/aromatic N) is 1. The number of aromatic nitrogens is 2. The van der Waals surface area contributed by atoms with E-state index in [2.05, 4.69) is 36.8 Å². The molecule has 15 heavy (non-hydrogen) atoms. The Morgan fingerprint density at radius 1 is 1.27 bits per heavy atom. The van der Waals surface area contributed by atoms with Crippen molar-refractivity contribution in [2.75, 3.05) is 7.11 Å². The lowest BCUT2D eigenvalue weighted by atomic mass is 9.87. The number of rotatable bonds is 1. The minimum Gasteiger partial charge on any atom is -0.481 e. The number of H-pyrrole nitrogens is 1. The minimum atomic E-state index is 0.133. The number of ether oxygens (including phenoxy) is 1. The van der Waals surface area contributed by atoms with Crippen LogP contribution < -0.4 is 4.74 Å². The number of fused-ring (bicyclic) bond motifs is 1. The summed E-state index contributed by atoms with van der Waals surface area (Å²) in [6, 6.07) is 3.95. The Balaban J connectivity index is 2.62. The van der Waals surface area contributed by atoms with E-state index in [1.807, 2.05) is 12.3 Å². The Kier molecular flexibility index (Phi) is 2.18. The molecular weight excluding hydrogens is 188 g/mol. The van der Waals surface area contributed by atoms with Gasteiger partial charge in [-0.2, -0.15) is 4.98 Å². The molecule has 0 aromatic carbocycles. The van der Waals surface area contributed by atoms with Crippen molar-refractivity contribution in [2.24, 2.45) is 0 Å². The SMILES string of the molecule is COc1ccc2c(C(C)(C)C)c[nH]c2n1. The fourth-order valence-corrected chi connectivity index (χ4v) is 1.72. The Morgan fingerprint density at radius 3 is 2.60 bits per heavy atom. The quantitative estimate of drug-likeness (QED) is 0.775. The third-order valence-corrected chi connectivity index (χ3v) is 2.53. The molecule has 0 saturated heterocycles. The molecule has 2 aromatic rings. The first-order valence-corrected chi connectivity index (χ1v) is 5.05. The van der Waals surface area contributed by atoms with Crippen LogP contribution in [0.15, 0.2) is 18.3 Å². The molecular formula is C12H16N2O. The summed E-state index contributed by atoms with van der Waals surface area (Å²) in [6.45, 7) is 6.58. The highest BCUT2D eigenvalue weighted by Gasteiger charge is 2.18. The number of hydrogen-bond acceptors (Lipinski definition) is 2. The summed E-state index contributed by atoms with van der Waals surface area (Å²) in [4.78, 5) is 7.53. The first-order valence-electron chi connectivity index (χ1n) is 5.05. The number of pyridine rings is 1. The van der Waals surface area contributed by atoms with Crippen LogP contribution in [0.25, 0.3) is 11.0 Å². The second kappa shape index (κ2) is 3.26. The lowest BCUT2D eigenvalue weighted by molar-refractivity contribution is 0.399. The monoisotopic (exact) mass is 204 g/mol. The second-order valence-electron chi connectivity index (χ2n) is 4.70. The molecule has 80 valence electrons. The van der Waals surface area contributed by atoms with Crippen LogP contribution in [-0.4, -0.2) is 17.1 Å². The van der Waals surface area contributed by atoms with Crippen molar-refractivity contribution in [2.45, 2.75) is 26.2 Å². The summed E-state index contributed by atoms with van der Waals surface area (Å²) in [7, 11) is 1.63. The highest BCUT2D eigenvalue weighted by Crippen LogP contribution is 2.29. The number of hydrogen-bond donors (Lipinski definition) is 1. The summed E-state index contributed by atoms with van der Waals surface area (Å²) < 4.78 is 5.09. The van der Waals surface area contributed by atoms with Gasteiger partial charge in [-0.3, -0.25) is 0 Å². The van der Waals surface area contributed by atoms with E-state index in [-0.39, 0.29) is 5.41 Å². The lowest BCUT2D eigenvalue weighted by Gasteiger charge is -2.17. The summed E-state index contributed by atoms with van der Waals surface area (Å²) in [5, 5.41) is 1.17. The van der Waals surface area contributed by atoms with Gasteiger partial charge in [0, 0.05) is 17.6 Å². The van der Waals surface area contributed by atoms with Crippen molar-refractivity contribution >= 4 is 11.0 Å². The molecule has 3 nitrogen and oxygen atoms in total. The zero-order valence-corrected chi connectivity index (χ0v) is 9.59. The smallest absolute Gasteiger partial charge is 0.214 e. The first-order chi connectivity index (χ1) is 7.02. The van der Waals surface area contributed by atoms with Crippen molar-refractivity contribution in [3.05, 3.63) is 23.9 Å². The van der Waals surface area contributed by atoms with Crippen molar-refractivity contribution < 1.29 is 4.74 Å². The van der Waals surface area contributed by atoms with Crippen LogP contribution in [0.1, 0.15) is 26.3 Å². The summed E-state index contributed by atoms with van der Waals surface area (Å²) >= 11 is 0. The fraction of sp³-hybridized carbons (Fsp3) is 0.417. The fourth-order valence-electron chi connectivity index (χ4n) is 1.72. The molecule has 0 saturated carbocycles. The summed E-state index contributed by atoms with van der Waals surface area (Å²) in [5.41, 5.74) is 2.31. The lowest BCUT2D eigenvalue weighted by Crippen LogP contribution is -2.09. The molecule has 0 amide bonds. The van der Waals surface area contributed by atoms with Crippen LogP contribution in [0.2, 0.25) is 0 Å². The molecule has 2 heterocycles. The summed E-state index contributed by atoms with van der Waals surface area (Å²) in [6.07, 6.45) is 2.02. The van der Waals surface area contributed by atoms with Gasteiger partial charge >= 0.3 is 0 Å². The van der Waals surface area contributed by atoms with E-state index >= 15 is 0 Å². The Bertz CT molecular complexity index is 480. The average Bonchev–Trinajstić information content (AvgIpc) is 2.59. The molecule has 0 bridgehead atoms. The van der Waals surface area contributed by atoms with E-state index in [4.69, 9.17) is 4.74 Å². The maximum absolute atomic E-state index is 5.09. The van der Waals surface area contributed by atoms with Gasteiger partial charge in [-0.05, 0) is 17.0 Å². The Labute approximate surface area is 89.5 Å². The van der Waals surface area contributed by atoms with E-state index in [1.54, 1.807) is 7.11 Å². The van der Waals surface area contributed by atoms with Gasteiger partial charge in [-0.25, -0.2) is 0 Å². The number of methoxy groups -OCH3 is 1. The van der Waals surface area contributed by atoms with Crippen LogP contribution in [0.3, 0.4) is 0 Å². The van der Waals surface area contributed by atoms with Gasteiger partial charge in [0.1, 0.15) is 5.65 Å². The van der Waals surface area contributed by atoms with Crippen LogP contribution in [0.4, 0.5) is 0 Å². The van der Waals surface area contributed by atoms with Crippen LogP contribution in [0.5, 0.6) is 5.88 Å². The van der Waals surface area contributed by atoms with Crippen LogP contribution in [-0.2, 0) is 5.41 Å². The predicted molar refractivity (Wildman–Crippen MR) is 61.3 cm³/mol. The molecule has 2 aromatic heterocycles. The Morgan fingerprint density at radius 2 is 2.00 bits per heavy atom. The minimum absolute atomic E-state index is 0.133. The van der Waals surface area contributed by atoms with Crippen LogP contribution in [0, 0.1) is 0 Å². The molecule has 0 atom stereocenters. The standard InChI is InChI=1S/C12H16N2O/c1-12(2,3)9-7-13-11-8(9)5-6-10(14-11)15-4/h5-7H,1-4H3,(H,13,14). The predicted octanol–water partition coefficient (Wildman–Crippen LogP) is 2.87. The molecule has 0 aliphatic rings. The van der Waals surface area contributed by atoms with Gasteiger partial charge in [0.2, 0.25) is 5.88 Å². The summed E-state index contributed by atoms with van der Waals surface area (Å²) in [5.74, 6) is 0.643. The molecule has 3 heteroatoms. The third kappa shape index (κ3) is 1.69. The molecule has 0 radical (unpaired) electrons. The van der Waals surface area contributed by atoms with Gasteiger partial charge in [-0.15, -0.1) is 0 Å².